The van der Waals surface area contributed by atoms with E-state index in [-0.39, 0.29) is 0 Å². The number of hydrogen-bond donors (Lipinski definition) is 1. The van der Waals surface area contributed by atoms with Gasteiger partial charge in [0.15, 0.2) is 0 Å². The molecule has 5 aromatic heterocycles. The zero-order valence-corrected chi connectivity index (χ0v) is 35.2. The van der Waals surface area contributed by atoms with Crippen LogP contribution in [0.25, 0.3) is 10.9 Å². The minimum Gasteiger partial charge on any atom is -0.473 e. The molecule has 0 amide bonds. The van der Waals surface area contributed by atoms with Crippen molar-refractivity contribution in [3.8, 4) is 0 Å². The number of para-hydroxylation sites is 1. The van der Waals surface area contributed by atoms with Crippen LogP contribution < -0.4 is 0 Å². The number of nitrogens with one attached hydrogen (secondary N) is 1. The van der Waals surface area contributed by atoms with Crippen LogP contribution in [0.1, 0.15) is 96.9 Å². The zero-order valence-electron chi connectivity index (χ0n) is 34.4. The smallest absolute Gasteiger partial charge is 0.0919 e. The molecular weight excluding hydrogens is 645 g/mol. The Kier molecular flexibility index (Phi) is 77.2. The average molecular weight is 717 g/mol. The summed E-state index contributed by atoms with van der Waals surface area (Å²) in [5.41, 5.74) is 1.06. The molecule has 0 unspecified atom stereocenters. The number of rotatable bonds is 0. The third kappa shape index (κ3) is 52.2. The Hall–Kier alpha value is -4.81. The number of benzene rings is 2. The molecular formula is C45H72N4OS. The highest BCUT2D eigenvalue weighted by atomic mass is 32.1. The molecule has 2 aromatic carbocycles. The van der Waals surface area contributed by atoms with Crippen LogP contribution in [-0.4, -0.2) is 19.9 Å². The van der Waals surface area contributed by atoms with Gasteiger partial charge in [-0.05, 0) is 47.2 Å². The second-order valence-electron chi connectivity index (χ2n) is 6.72. The summed E-state index contributed by atoms with van der Waals surface area (Å²) < 4.78 is 4.58. The fourth-order valence-electron chi connectivity index (χ4n) is 2.38. The molecule has 0 radical (unpaired) electrons. The Balaban J connectivity index is -0.000000113. The molecule has 0 aliphatic carbocycles. The van der Waals surface area contributed by atoms with Crippen molar-refractivity contribution in [2.24, 2.45) is 0 Å². The first-order valence-corrected chi connectivity index (χ1v) is 19.4. The summed E-state index contributed by atoms with van der Waals surface area (Å²) in [6.07, 6.45) is 13.6. The van der Waals surface area contributed by atoms with Crippen molar-refractivity contribution >= 4 is 22.2 Å². The number of hydrogen-bond acceptors (Lipinski definition) is 5. The topological polar surface area (TPSA) is 67.6 Å². The summed E-state index contributed by atoms with van der Waals surface area (Å²) in [6.45, 7) is 28.0. The van der Waals surface area contributed by atoms with Gasteiger partial charge in [-0.3, -0.25) is 9.97 Å². The lowest BCUT2D eigenvalue weighted by Crippen LogP contribution is -1.73. The van der Waals surface area contributed by atoms with Crippen LogP contribution in [0.2, 0.25) is 0 Å². The van der Waals surface area contributed by atoms with Gasteiger partial charge in [-0.15, -0.1) is 0 Å². The number of H-pyrrole nitrogens is 1. The monoisotopic (exact) mass is 717 g/mol. The lowest BCUT2D eigenvalue weighted by atomic mass is 10.2. The fourth-order valence-corrected chi connectivity index (χ4v) is 2.84. The van der Waals surface area contributed by atoms with Crippen molar-refractivity contribution in [3.63, 3.8) is 0 Å². The predicted octanol–water partition coefficient (Wildman–Crippen LogP) is 15.6. The summed E-state index contributed by atoms with van der Waals surface area (Å²) in [7, 11) is 0. The zero-order chi connectivity index (χ0) is 39.9. The number of aromatic amines is 1. The van der Waals surface area contributed by atoms with Crippen LogP contribution in [0.15, 0.2) is 180 Å². The van der Waals surface area contributed by atoms with E-state index in [2.05, 4.69) is 36.5 Å². The SMILES string of the molecule is CC.CC.CC.CC.CC.CC.CC.c1c[nH]cn1.c1ccc2ncccc2c1.c1ccccc1.c1ccncc1.c1ccoc1.c1ccsc1. The van der Waals surface area contributed by atoms with Gasteiger partial charge in [-0.1, -0.05) is 176 Å². The molecule has 0 bridgehead atoms. The molecule has 5 nitrogen and oxygen atoms in total. The second kappa shape index (κ2) is 67.4. The molecule has 0 fully saturated rings. The lowest BCUT2D eigenvalue weighted by molar-refractivity contribution is 0.567. The largest absolute Gasteiger partial charge is 0.473 e. The molecule has 6 heteroatoms. The van der Waals surface area contributed by atoms with Crippen LogP contribution in [0, 0.1) is 0 Å². The summed E-state index contributed by atoms with van der Waals surface area (Å²) in [6, 6.07) is 37.5. The van der Waals surface area contributed by atoms with Gasteiger partial charge in [-0.25, -0.2) is 4.98 Å². The molecule has 0 spiro atoms. The predicted molar refractivity (Wildman–Crippen MR) is 233 cm³/mol. The van der Waals surface area contributed by atoms with Crippen molar-refractivity contribution in [2.75, 3.05) is 0 Å². The highest BCUT2D eigenvalue weighted by Gasteiger charge is 1.86. The minimum atomic E-state index is 1.06. The van der Waals surface area contributed by atoms with Crippen molar-refractivity contribution in [1.82, 2.24) is 19.9 Å². The molecule has 0 aliphatic heterocycles. The van der Waals surface area contributed by atoms with E-state index < -0.39 is 0 Å². The molecule has 7 aromatic rings. The van der Waals surface area contributed by atoms with Crippen molar-refractivity contribution in [2.45, 2.75) is 96.9 Å². The van der Waals surface area contributed by atoms with Gasteiger partial charge < -0.3 is 9.40 Å². The number of thiophene rings is 1. The van der Waals surface area contributed by atoms with E-state index in [9.17, 15) is 0 Å². The van der Waals surface area contributed by atoms with E-state index in [0.29, 0.717) is 0 Å². The first-order valence-electron chi connectivity index (χ1n) is 18.5. The minimum absolute atomic E-state index is 1.06. The van der Waals surface area contributed by atoms with E-state index in [1.165, 1.54) is 5.39 Å². The Labute approximate surface area is 318 Å². The first kappa shape index (κ1) is 58.4. The van der Waals surface area contributed by atoms with Gasteiger partial charge in [0, 0.05) is 36.4 Å². The molecule has 51 heavy (non-hydrogen) atoms. The summed E-state index contributed by atoms with van der Waals surface area (Å²) in [4.78, 5) is 14.4. The van der Waals surface area contributed by atoms with Gasteiger partial charge in [0.2, 0.25) is 0 Å². The Morgan fingerprint density at radius 2 is 0.882 bits per heavy atom. The highest BCUT2D eigenvalue weighted by molar-refractivity contribution is 7.07. The van der Waals surface area contributed by atoms with Crippen LogP contribution in [0.4, 0.5) is 0 Å². The van der Waals surface area contributed by atoms with E-state index in [0.717, 1.165) is 5.52 Å². The molecule has 0 saturated carbocycles. The standard InChI is InChI=1S/C9H7N.C6H6.C5H5N.C4H4O.C4H4S.C3H4N2.7C2H6/c1-2-6-9-8(4-1)5-3-7-10-9;2*1-2-4-6-5-3-1;2*1-2-4-5-3-1;1-2-5-3-4-1;7*1-2/h1-7H;1-6H;1-5H;2*1-4H;1-3H,(H,4,5);7*1-2H3. The number of pyridine rings is 2. The Bertz CT molecular complexity index is 1050. The molecule has 1 N–H and O–H groups in total. The molecule has 0 atom stereocenters. The molecule has 284 valence electrons. The van der Waals surface area contributed by atoms with E-state index in [1.54, 1.807) is 55.0 Å². The van der Waals surface area contributed by atoms with Gasteiger partial charge in [-0.2, -0.15) is 11.3 Å². The Morgan fingerprint density at radius 1 is 0.431 bits per heavy atom. The molecule has 7 rings (SSSR count). The normalized spacial score (nSPS) is 7.02. The Morgan fingerprint density at radius 3 is 1.16 bits per heavy atom. The summed E-state index contributed by atoms with van der Waals surface area (Å²) in [5.74, 6) is 0. The van der Waals surface area contributed by atoms with E-state index in [4.69, 9.17) is 0 Å². The van der Waals surface area contributed by atoms with Crippen molar-refractivity contribution in [1.29, 1.82) is 0 Å². The second-order valence-corrected chi connectivity index (χ2v) is 7.54. The van der Waals surface area contributed by atoms with Crippen LogP contribution in [0.3, 0.4) is 0 Å². The van der Waals surface area contributed by atoms with Crippen LogP contribution in [-0.2, 0) is 0 Å². The number of furan rings is 1. The van der Waals surface area contributed by atoms with E-state index in [1.807, 2.05) is 217 Å². The molecule has 0 aliphatic rings. The number of fused-ring (bicyclic) bond motifs is 1. The van der Waals surface area contributed by atoms with Crippen LogP contribution in [0.5, 0.6) is 0 Å². The van der Waals surface area contributed by atoms with E-state index >= 15 is 0 Å². The molecule has 5 heterocycles. The number of aromatic nitrogens is 4. The maximum atomic E-state index is 4.58. The van der Waals surface area contributed by atoms with Gasteiger partial charge >= 0.3 is 0 Å². The maximum Gasteiger partial charge on any atom is 0.0919 e. The number of imidazole rings is 1. The quantitative estimate of drug-likeness (QED) is 0.170. The highest BCUT2D eigenvalue weighted by Crippen LogP contribution is 2.07. The van der Waals surface area contributed by atoms with Crippen LogP contribution >= 0.6 is 11.3 Å². The van der Waals surface area contributed by atoms with Gasteiger partial charge in [0.25, 0.3) is 0 Å². The summed E-state index contributed by atoms with van der Waals surface area (Å²) >= 11 is 1.71. The van der Waals surface area contributed by atoms with Gasteiger partial charge in [0.05, 0.1) is 24.4 Å². The third-order valence-corrected chi connectivity index (χ3v) is 4.63. The maximum absolute atomic E-state index is 4.58. The van der Waals surface area contributed by atoms with Crippen molar-refractivity contribution in [3.05, 3.63) is 176 Å². The van der Waals surface area contributed by atoms with Gasteiger partial charge in [0.1, 0.15) is 0 Å². The van der Waals surface area contributed by atoms with Crippen molar-refractivity contribution < 1.29 is 4.42 Å². The lowest BCUT2D eigenvalue weighted by Gasteiger charge is -1.91. The average Bonchev–Trinajstić information content (AvgIpc) is 4.14. The number of nitrogens with zero attached hydrogens (tertiary/aromatic N) is 3. The fraction of sp³-hybridized carbons (Fsp3) is 0.311. The first-order chi connectivity index (χ1) is 25.5. The third-order valence-electron chi connectivity index (χ3n) is 4.00. The molecule has 0 saturated heterocycles. The summed E-state index contributed by atoms with van der Waals surface area (Å²) in [5, 5.41) is 5.28.